The monoisotopic (exact) mass is 458 g/mol. The molecule has 0 bridgehead atoms. The lowest BCUT2D eigenvalue weighted by atomic mass is 9.67. The van der Waals surface area contributed by atoms with Gasteiger partial charge in [0.25, 0.3) is 0 Å². The van der Waals surface area contributed by atoms with E-state index in [4.69, 9.17) is 0 Å². The van der Waals surface area contributed by atoms with Crippen LogP contribution in [0.3, 0.4) is 0 Å². The van der Waals surface area contributed by atoms with Crippen LogP contribution in [0.4, 0.5) is 0 Å². The number of hydrogen-bond donors (Lipinski definition) is 0. The summed E-state index contributed by atoms with van der Waals surface area (Å²) in [6.07, 6.45) is 0. The number of hydrogen-bond acceptors (Lipinski definition) is 0. The molecule has 0 heteroatoms. The molecule has 1 aliphatic rings. The maximum atomic E-state index is 2.45. The van der Waals surface area contributed by atoms with E-state index in [9.17, 15) is 0 Å². The molecule has 170 valence electrons. The van der Waals surface area contributed by atoms with Gasteiger partial charge < -0.3 is 0 Å². The lowest BCUT2D eigenvalue weighted by Crippen LogP contribution is -2.28. The van der Waals surface area contributed by atoms with Crippen LogP contribution >= 0.6 is 0 Å². The summed E-state index contributed by atoms with van der Waals surface area (Å²) >= 11 is 0. The van der Waals surface area contributed by atoms with Gasteiger partial charge in [0.15, 0.2) is 0 Å². The Morgan fingerprint density at radius 3 is 1.86 bits per heavy atom. The Labute approximate surface area is 212 Å². The SMILES string of the molecule is Cc1ccc2c(c1)-c1ccc(-c3cccc4ccccc34)cc1C2(c1ccccc1)c1ccccc1. The zero-order chi connectivity index (χ0) is 24.1. The van der Waals surface area contributed by atoms with Gasteiger partial charge in [0.1, 0.15) is 0 Å². The minimum Gasteiger partial charge on any atom is -0.0622 e. The zero-order valence-corrected chi connectivity index (χ0v) is 20.3. The van der Waals surface area contributed by atoms with Gasteiger partial charge in [-0.15, -0.1) is 0 Å². The number of fused-ring (bicyclic) bond motifs is 4. The second kappa shape index (κ2) is 8.07. The fourth-order valence-corrected chi connectivity index (χ4v) is 6.25. The fraction of sp³-hybridized carbons (Fsp3) is 0.0556. The van der Waals surface area contributed by atoms with Crippen molar-refractivity contribution in [3.63, 3.8) is 0 Å². The minimum atomic E-state index is -0.374. The van der Waals surface area contributed by atoms with Crippen molar-refractivity contribution in [2.24, 2.45) is 0 Å². The first-order chi connectivity index (χ1) is 17.8. The molecular formula is C36H26. The Balaban J connectivity index is 1.60. The Hall–Kier alpha value is -4.42. The highest BCUT2D eigenvalue weighted by atomic mass is 14.5. The molecular weight excluding hydrogens is 432 g/mol. The van der Waals surface area contributed by atoms with Crippen molar-refractivity contribution in [2.75, 3.05) is 0 Å². The van der Waals surface area contributed by atoms with Crippen LogP contribution < -0.4 is 0 Å². The molecule has 0 heterocycles. The van der Waals surface area contributed by atoms with E-state index >= 15 is 0 Å². The minimum absolute atomic E-state index is 0.374. The highest BCUT2D eigenvalue weighted by molar-refractivity contribution is 5.98. The van der Waals surface area contributed by atoms with Gasteiger partial charge in [-0.05, 0) is 68.3 Å². The third kappa shape index (κ3) is 2.94. The Bertz CT molecular complexity index is 1680. The van der Waals surface area contributed by atoms with Gasteiger partial charge in [-0.3, -0.25) is 0 Å². The molecule has 0 atom stereocenters. The van der Waals surface area contributed by atoms with E-state index in [0.29, 0.717) is 0 Å². The molecule has 0 N–H and O–H groups in total. The highest BCUT2D eigenvalue weighted by Crippen LogP contribution is 2.57. The molecule has 0 fully saturated rings. The van der Waals surface area contributed by atoms with Gasteiger partial charge in [0.2, 0.25) is 0 Å². The molecule has 0 unspecified atom stereocenters. The average Bonchev–Trinajstić information content (AvgIpc) is 3.23. The van der Waals surface area contributed by atoms with Gasteiger partial charge >= 0.3 is 0 Å². The van der Waals surface area contributed by atoms with Gasteiger partial charge in [0.05, 0.1) is 5.41 Å². The predicted molar refractivity (Wildman–Crippen MR) is 151 cm³/mol. The fourth-order valence-electron chi connectivity index (χ4n) is 6.25. The molecule has 0 spiro atoms. The topological polar surface area (TPSA) is 0 Å². The molecule has 0 aromatic heterocycles. The molecule has 0 saturated carbocycles. The maximum absolute atomic E-state index is 2.45. The second-order valence-electron chi connectivity index (χ2n) is 9.82. The summed E-state index contributed by atoms with van der Waals surface area (Å²) in [7, 11) is 0. The van der Waals surface area contributed by atoms with Gasteiger partial charge in [0, 0.05) is 0 Å². The Kier molecular flexibility index (Phi) is 4.69. The second-order valence-corrected chi connectivity index (χ2v) is 9.82. The van der Waals surface area contributed by atoms with Crippen LogP contribution in [0, 0.1) is 6.92 Å². The lowest BCUT2D eigenvalue weighted by Gasteiger charge is -2.34. The zero-order valence-electron chi connectivity index (χ0n) is 20.3. The van der Waals surface area contributed by atoms with E-state index in [2.05, 4.69) is 146 Å². The van der Waals surface area contributed by atoms with Crippen LogP contribution in [0.15, 0.2) is 140 Å². The predicted octanol–water partition coefficient (Wildman–Crippen LogP) is 9.18. The first kappa shape index (κ1) is 20.9. The van der Waals surface area contributed by atoms with Crippen molar-refractivity contribution in [2.45, 2.75) is 12.3 Å². The summed E-state index contributed by atoms with van der Waals surface area (Å²) in [5.41, 5.74) is 11.4. The van der Waals surface area contributed by atoms with Crippen molar-refractivity contribution in [3.05, 3.63) is 167 Å². The van der Waals surface area contributed by atoms with E-state index in [1.807, 2.05) is 0 Å². The van der Waals surface area contributed by atoms with Crippen LogP contribution in [0.1, 0.15) is 27.8 Å². The number of rotatable bonds is 3. The number of aryl methyl sites for hydroxylation is 1. The first-order valence-corrected chi connectivity index (χ1v) is 12.6. The molecule has 6 aromatic carbocycles. The van der Waals surface area contributed by atoms with Crippen LogP contribution in [0.5, 0.6) is 0 Å². The summed E-state index contributed by atoms with van der Waals surface area (Å²) in [6, 6.07) is 51.4. The summed E-state index contributed by atoms with van der Waals surface area (Å²) in [5.74, 6) is 0. The van der Waals surface area contributed by atoms with Gasteiger partial charge in [-0.1, -0.05) is 139 Å². The van der Waals surface area contributed by atoms with Crippen molar-refractivity contribution >= 4 is 10.8 Å². The lowest BCUT2D eigenvalue weighted by molar-refractivity contribution is 0.768. The van der Waals surface area contributed by atoms with E-state index in [0.717, 1.165) is 0 Å². The largest absolute Gasteiger partial charge is 0.0713 e. The van der Waals surface area contributed by atoms with Crippen LogP contribution in [0.2, 0.25) is 0 Å². The van der Waals surface area contributed by atoms with Crippen molar-refractivity contribution in [3.8, 4) is 22.3 Å². The van der Waals surface area contributed by atoms with Crippen molar-refractivity contribution < 1.29 is 0 Å². The number of benzene rings is 6. The van der Waals surface area contributed by atoms with Gasteiger partial charge in [-0.2, -0.15) is 0 Å². The third-order valence-corrected chi connectivity index (χ3v) is 7.81. The molecule has 6 aromatic rings. The van der Waals surface area contributed by atoms with Crippen molar-refractivity contribution in [1.82, 2.24) is 0 Å². The van der Waals surface area contributed by atoms with Crippen molar-refractivity contribution in [1.29, 1.82) is 0 Å². The standard InChI is InChI=1S/C36H26/c1-25-19-22-34-33(23-25)32-21-20-27(31-18-10-12-26-11-8-9-17-30(26)31)24-35(32)36(34,28-13-4-2-5-14-28)29-15-6-3-7-16-29/h2-24H,1H3. The Morgan fingerprint density at radius 2 is 1.11 bits per heavy atom. The Morgan fingerprint density at radius 1 is 0.444 bits per heavy atom. The van der Waals surface area contributed by atoms with Crippen LogP contribution in [-0.2, 0) is 5.41 Å². The van der Waals surface area contributed by atoms with Crippen LogP contribution in [0.25, 0.3) is 33.0 Å². The molecule has 0 saturated heterocycles. The van der Waals surface area contributed by atoms with E-state index in [-0.39, 0.29) is 5.41 Å². The average molecular weight is 459 g/mol. The normalized spacial score (nSPS) is 13.4. The smallest absolute Gasteiger partial charge is 0.0622 e. The molecule has 36 heavy (non-hydrogen) atoms. The summed E-state index contributed by atoms with van der Waals surface area (Å²) in [4.78, 5) is 0. The van der Waals surface area contributed by atoms with E-state index in [1.54, 1.807) is 0 Å². The van der Waals surface area contributed by atoms with Crippen LogP contribution in [-0.4, -0.2) is 0 Å². The van der Waals surface area contributed by atoms with Gasteiger partial charge in [-0.25, -0.2) is 0 Å². The summed E-state index contributed by atoms with van der Waals surface area (Å²) in [5, 5.41) is 2.56. The molecule has 0 amide bonds. The maximum Gasteiger partial charge on any atom is 0.0713 e. The van der Waals surface area contributed by atoms with E-state index in [1.165, 1.54) is 60.8 Å². The highest BCUT2D eigenvalue weighted by Gasteiger charge is 2.46. The quantitative estimate of drug-likeness (QED) is 0.248. The molecule has 0 nitrogen and oxygen atoms in total. The molecule has 0 radical (unpaired) electrons. The van der Waals surface area contributed by atoms with E-state index < -0.39 is 0 Å². The molecule has 1 aliphatic carbocycles. The third-order valence-electron chi connectivity index (χ3n) is 7.81. The first-order valence-electron chi connectivity index (χ1n) is 12.6. The molecule has 7 rings (SSSR count). The summed E-state index contributed by atoms with van der Waals surface area (Å²) in [6.45, 7) is 2.19. The molecule has 0 aliphatic heterocycles. The summed E-state index contributed by atoms with van der Waals surface area (Å²) < 4.78 is 0.